The Hall–Kier alpha value is -1.21. The summed E-state index contributed by atoms with van der Waals surface area (Å²) in [5.41, 5.74) is 2.50. The van der Waals surface area contributed by atoms with Gasteiger partial charge in [-0.15, -0.1) is 11.3 Å². The first-order valence-electron chi connectivity index (χ1n) is 9.16. The highest BCUT2D eigenvalue weighted by Crippen LogP contribution is 2.26. The Labute approximate surface area is 155 Å². The van der Waals surface area contributed by atoms with Crippen LogP contribution < -0.4 is 5.32 Å². The van der Waals surface area contributed by atoms with Gasteiger partial charge in [-0.05, 0) is 24.3 Å². The summed E-state index contributed by atoms with van der Waals surface area (Å²) in [5, 5.41) is 10.5. The summed E-state index contributed by atoms with van der Waals surface area (Å²) in [7, 11) is 2.00. The van der Waals surface area contributed by atoms with E-state index >= 15 is 0 Å². The lowest BCUT2D eigenvalue weighted by Gasteiger charge is -2.37. The van der Waals surface area contributed by atoms with Gasteiger partial charge in [-0.1, -0.05) is 19.9 Å². The van der Waals surface area contributed by atoms with E-state index in [9.17, 15) is 0 Å². The maximum atomic E-state index is 5.72. The second kappa shape index (κ2) is 8.45. The van der Waals surface area contributed by atoms with E-state index in [4.69, 9.17) is 4.74 Å². The number of hydrogen-bond acceptors (Lipinski definition) is 5. The Balaban J connectivity index is 1.65. The Morgan fingerprint density at radius 2 is 2.28 bits per heavy atom. The van der Waals surface area contributed by atoms with Crippen LogP contribution in [0.1, 0.15) is 48.9 Å². The SMILES string of the molecule is CC1CN(C(CNCc2cn(C)nc2C(C)C)c2cccs2)CCO1. The predicted molar refractivity (Wildman–Crippen MR) is 103 cm³/mol. The normalized spacial score (nSPS) is 20.3. The smallest absolute Gasteiger partial charge is 0.0694 e. The summed E-state index contributed by atoms with van der Waals surface area (Å²) in [4.78, 5) is 3.98. The minimum absolute atomic E-state index is 0.307. The van der Waals surface area contributed by atoms with E-state index in [0.29, 0.717) is 18.1 Å². The second-order valence-electron chi connectivity index (χ2n) is 7.21. The van der Waals surface area contributed by atoms with Crippen molar-refractivity contribution >= 4 is 11.3 Å². The number of aromatic nitrogens is 2. The summed E-state index contributed by atoms with van der Waals surface area (Å²) < 4.78 is 7.65. The molecular weight excluding hydrogens is 332 g/mol. The minimum Gasteiger partial charge on any atom is -0.376 e. The van der Waals surface area contributed by atoms with Crippen LogP contribution in [0.15, 0.2) is 23.7 Å². The fraction of sp³-hybridized carbons (Fsp3) is 0.632. The number of thiophene rings is 1. The minimum atomic E-state index is 0.307. The molecule has 0 bridgehead atoms. The summed E-state index contributed by atoms with van der Waals surface area (Å²) >= 11 is 1.85. The zero-order valence-corrected chi connectivity index (χ0v) is 16.6. The highest BCUT2D eigenvalue weighted by atomic mass is 32.1. The van der Waals surface area contributed by atoms with Crippen molar-refractivity contribution in [2.24, 2.45) is 7.05 Å². The topological polar surface area (TPSA) is 42.3 Å². The number of nitrogens with one attached hydrogen (secondary N) is 1. The number of rotatable bonds is 7. The first-order chi connectivity index (χ1) is 12.0. The number of ether oxygens (including phenoxy) is 1. The van der Waals surface area contributed by atoms with Gasteiger partial charge in [0.25, 0.3) is 0 Å². The van der Waals surface area contributed by atoms with E-state index in [1.165, 1.54) is 16.1 Å². The summed E-state index contributed by atoms with van der Waals surface area (Å²) in [6.45, 7) is 11.2. The number of morpholine rings is 1. The van der Waals surface area contributed by atoms with Crippen LogP contribution in [0.25, 0.3) is 0 Å². The van der Waals surface area contributed by atoms with Crippen molar-refractivity contribution in [2.45, 2.75) is 45.4 Å². The summed E-state index contributed by atoms with van der Waals surface area (Å²) in [6.07, 6.45) is 2.45. The zero-order valence-electron chi connectivity index (χ0n) is 15.7. The molecule has 0 spiro atoms. The summed E-state index contributed by atoms with van der Waals surface area (Å²) in [5.74, 6) is 0.450. The molecule has 138 valence electrons. The molecule has 1 aliphatic rings. The van der Waals surface area contributed by atoms with Crippen LogP contribution in [-0.4, -0.2) is 47.0 Å². The van der Waals surface area contributed by atoms with E-state index in [1.807, 2.05) is 23.1 Å². The number of aryl methyl sites for hydroxylation is 1. The third-order valence-electron chi connectivity index (χ3n) is 4.72. The molecule has 2 aromatic heterocycles. The van der Waals surface area contributed by atoms with Gasteiger partial charge in [-0.25, -0.2) is 0 Å². The van der Waals surface area contributed by atoms with Gasteiger partial charge in [-0.2, -0.15) is 5.10 Å². The molecule has 0 aromatic carbocycles. The summed E-state index contributed by atoms with van der Waals surface area (Å²) in [6, 6.07) is 4.81. The Bertz CT molecular complexity index is 652. The van der Waals surface area contributed by atoms with Crippen LogP contribution in [-0.2, 0) is 18.3 Å². The quantitative estimate of drug-likeness (QED) is 0.822. The second-order valence-corrected chi connectivity index (χ2v) is 8.19. The van der Waals surface area contributed by atoms with Gasteiger partial charge in [0.1, 0.15) is 0 Å². The van der Waals surface area contributed by atoms with E-state index in [0.717, 1.165) is 32.8 Å². The molecule has 3 rings (SSSR count). The Kier molecular flexibility index (Phi) is 6.28. The highest BCUT2D eigenvalue weighted by Gasteiger charge is 2.26. The largest absolute Gasteiger partial charge is 0.376 e. The fourth-order valence-corrected chi connectivity index (χ4v) is 4.40. The average molecular weight is 363 g/mol. The fourth-order valence-electron chi connectivity index (χ4n) is 3.54. The van der Waals surface area contributed by atoms with Crippen molar-refractivity contribution in [2.75, 3.05) is 26.2 Å². The van der Waals surface area contributed by atoms with Gasteiger partial charge in [0.2, 0.25) is 0 Å². The van der Waals surface area contributed by atoms with Gasteiger partial charge in [0.15, 0.2) is 0 Å². The lowest BCUT2D eigenvalue weighted by molar-refractivity contribution is -0.0339. The first kappa shape index (κ1) is 18.6. The molecule has 0 saturated carbocycles. The Morgan fingerprint density at radius 1 is 1.44 bits per heavy atom. The lowest BCUT2D eigenvalue weighted by Crippen LogP contribution is -2.45. The van der Waals surface area contributed by atoms with Gasteiger partial charge < -0.3 is 10.1 Å². The van der Waals surface area contributed by atoms with Crippen molar-refractivity contribution in [3.05, 3.63) is 39.8 Å². The molecule has 6 heteroatoms. The molecule has 25 heavy (non-hydrogen) atoms. The number of nitrogens with zero attached hydrogens (tertiary/aromatic N) is 3. The third kappa shape index (κ3) is 4.70. The molecule has 2 atom stereocenters. The molecule has 1 aliphatic heterocycles. The first-order valence-corrected chi connectivity index (χ1v) is 10.0. The predicted octanol–water partition coefficient (Wildman–Crippen LogP) is 3.16. The van der Waals surface area contributed by atoms with Crippen LogP contribution in [0.4, 0.5) is 0 Å². The lowest BCUT2D eigenvalue weighted by atomic mass is 10.1. The van der Waals surface area contributed by atoms with Crippen LogP contribution in [0, 0.1) is 0 Å². The molecule has 1 saturated heterocycles. The van der Waals surface area contributed by atoms with Gasteiger partial charge in [-0.3, -0.25) is 9.58 Å². The molecule has 0 radical (unpaired) electrons. The maximum Gasteiger partial charge on any atom is 0.0694 e. The van der Waals surface area contributed by atoms with Crippen molar-refractivity contribution in [1.29, 1.82) is 0 Å². The van der Waals surface area contributed by atoms with Gasteiger partial charge in [0, 0.05) is 49.9 Å². The van der Waals surface area contributed by atoms with E-state index in [1.54, 1.807) is 0 Å². The van der Waals surface area contributed by atoms with E-state index < -0.39 is 0 Å². The van der Waals surface area contributed by atoms with Crippen LogP contribution in [0.2, 0.25) is 0 Å². The molecule has 1 fully saturated rings. The van der Waals surface area contributed by atoms with E-state index in [-0.39, 0.29) is 0 Å². The van der Waals surface area contributed by atoms with Gasteiger partial charge >= 0.3 is 0 Å². The maximum absolute atomic E-state index is 5.72. The monoisotopic (exact) mass is 362 g/mol. The molecule has 1 N–H and O–H groups in total. The molecule has 2 unspecified atom stereocenters. The van der Waals surface area contributed by atoms with Crippen LogP contribution in [0.3, 0.4) is 0 Å². The molecule has 5 nitrogen and oxygen atoms in total. The van der Waals surface area contributed by atoms with Crippen molar-refractivity contribution in [1.82, 2.24) is 20.0 Å². The van der Waals surface area contributed by atoms with Crippen molar-refractivity contribution in [3.63, 3.8) is 0 Å². The third-order valence-corrected chi connectivity index (χ3v) is 5.70. The highest BCUT2D eigenvalue weighted by molar-refractivity contribution is 7.10. The molecular formula is C19H30N4OS. The molecule has 0 aliphatic carbocycles. The Morgan fingerprint density at radius 3 is 2.96 bits per heavy atom. The van der Waals surface area contributed by atoms with Crippen molar-refractivity contribution in [3.8, 4) is 0 Å². The zero-order chi connectivity index (χ0) is 17.8. The van der Waals surface area contributed by atoms with Crippen molar-refractivity contribution < 1.29 is 4.74 Å². The molecule has 3 heterocycles. The van der Waals surface area contributed by atoms with Gasteiger partial charge in [0.05, 0.1) is 24.4 Å². The standard InChI is InChI=1S/C19H30N4OS/c1-14(2)19-16(13-22(4)21-19)10-20-11-17(18-6-5-9-25-18)23-7-8-24-15(3)12-23/h5-6,9,13-15,17,20H,7-8,10-12H2,1-4H3. The average Bonchev–Trinajstić information content (AvgIpc) is 3.21. The van der Waals surface area contributed by atoms with Crippen LogP contribution in [0.5, 0.6) is 0 Å². The molecule has 2 aromatic rings. The molecule has 0 amide bonds. The van der Waals surface area contributed by atoms with E-state index in [2.05, 4.69) is 59.8 Å². The number of hydrogen-bond donors (Lipinski definition) is 1. The van der Waals surface area contributed by atoms with Crippen LogP contribution >= 0.6 is 11.3 Å².